The summed E-state index contributed by atoms with van der Waals surface area (Å²) in [5.41, 5.74) is -5.52. The standard InChI is InChI=1S/C17H21BrF4N2O3S/c1-16(2,3)27-15(25)24-8-7-12(23-28(26)17(20,21)22)13(24)9-10-5-4-6-11(18)14(10)19/h4-6,12-13,23H,7-9H2,1-3H3/t12-,13-,28?/m0/s1. The number of hydrogen-bond acceptors (Lipinski definition) is 3. The first-order valence-electron chi connectivity index (χ1n) is 8.47. The van der Waals surface area contributed by atoms with Gasteiger partial charge in [-0.15, -0.1) is 0 Å². The van der Waals surface area contributed by atoms with Crippen molar-refractivity contribution in [1.82, 2.24) is 9.62 Å². The molecule has 28 heavy (non-hydrogen) atoms. The molecule has 0 radical (unpaired) electrons. The zero-order chi connectivity index (χ0) is 21.3. The van der Waals surface area contributed by atoms with Gasteiger partial charge in [0.05, 0.1) is 10.5 Å². The molecule has 1 fully saturated rings. The molecule has 11 heteroatoms. The fraction of sp³-hybridized carbons (Fsp3) is 0.588. The average Bonchev–Trinajstić information content (AvgIpc) is 2.92. The molecule has 2 rings (SSSR count). The minimum Gasteiger partial charge on any atom is -0.444 e. The number of halogens is 5. The second-order valence-corrected chi connectivity index (χ2v) is 9.48. The van der Waals surface area contributed by atoms with Crippen LogP contribution in [0.5, 0.6) is 0 Å². The smallest absolute Gasteiger partial charge is 0.444 e. The summed E-state index contributed by atoms with van der Waals surface area (Å²) in [6.45, 7) is 5.09. The van der Waals surface area contributed by atoms with Gasteiger partial charge in [0.15, 0.2) is 11.0 Å². The molecule has 1 aromatic carbocycles. The molecule has 1 N–H and O–H groups in total. The van der Waals surface area contributed by atoms with E-state index in [2.05, 4.69) is 15.9 Å². The van der Waals surface area contributed by atoms with E-state index in [-0.39, 0.29) is 29.4 Å². The Morgan fingerprint density at radius 1 is 1.36 bits per heavy atom. The summed E-state index contributed by atoms with van der Waals surface area (Å²) >= 11 is 3.07. The van der Waals surface area contributed by atoms with Gasteiger partial charge in [-0.1, -0.05) is 12.1 Å². The number of carbonyl (C=O) groups excluding carboxylic acids is 1. The van der Waals surface area contributed by atoms with E-state index in [1.54, 1.807) is 26.8 Å². The highest BCUT2D eigenvalue weighted by Gasteiger charge is 2.44. The Morgan fingerprint density at radius 3 is 2.57 bits per heavy atom. The van der Waals surface area contributed by atoms with Crippen molar-refractivity contribution >= 4 is 33.0 Å². The first-order chi connectivity index (χ1) is 12.8. The fourth-order valence-electron chi connectivity index (χ4n) is 2.93. The van der Waals surface area contributed by atoms with E-state index in [1.807, 2.05) is 4.72 Å². The van der Waals surface area contributed by atoms with Crippen molar-refractivity contribution in [1.29, 1.82) is 0 Å². The van der Waals surface area contributed by atoms with Gasteiger partial charge < -0.3 is 9.64 Å². The van der Waals surface area contributed by atoms with Crippen LogP contribution in [0, 0.1) is 5.82 Å². The lowest BCUT2D eigenvalue weighted by Crippen LogP contribution is -2.49. The summed E-state index contributed by atoms with van der Waals surface area (Å²) in [7, 11) is -3.29. The number of benzene rings is 1. The van der Waals surface area contributed by atoms with Crippen LogP contribution >= 0.6 is 15.9 Å². The van der Waals surface area contributed by atoms with Gasteiger partial charge in [-0.3, -0.25) is 0 Å². The van der Waals surface area contributed by atoms with Crippen LogP contribution in [-0.4, -0.2) is 44.9 Å². The van der Waals surface area contributed by atoms with E-state index in [9.17, 15) is 26.6 Å². The maximum atomic E-state index is 14.4. The quantitative estimate of drug-likeness (QED) is 0.643. The molecule has 0 aliphatic carbocycles. The highest BCUT2D eigenvalue weighted by Crippen LogP contribution is 2.29. The van der Waals surface area contributed by atoms with Gasteiger partial charge in [0, 0.05) is 12.6 Å². The molecule has 0 saturated carbocycles. The van der Waals surface area contributed by atoms with E-state index in [0.29, 0.717) is 0 Å². The number of hydrogen-bond donors (Lipinski definition) is 1. The molecular weight excluding hydrogens is 468 g/mol. The van der Waals surface area contributed by atoms with Crippen LogP contribution in [0.2, 0.25) is 0 Å². The summed E-state index contributed by atoms with van der Waals surface area (Å²) < 4.78 is 71.6. The van der Waals surface area contributed by atoms with Gasteiger partial charge in [-0.2, -0.15) is 13.2 Å². The van der Waals surface area contributed by atoms with Crippen LogP contribution in [0.4, 0.5) is 22.4 Å². The summed E-state index contributed by atoms with van der Waals surface area (Å²) in [5.74, 6) is -0.561. The second-order valence-electron chi connectivity index (χ2n) is 7.39. The molecule has 1 heterocycles. The summed E-state index contributed by atoms with van der Waals surface area (Å²) in [6.07, 6.45) is -0.645. The highest BCUT2D eigenvalue weighted by molar-refractivity contribution is 9.10. The topological polar surface area (TPSA) is 58.6 Å². The number of likely N-dealkylation sites (tertiary alicyclic amines) is 1. The zero-order valence-corrected chi connectivity index (χ0v) is 17.9. The molecule has 0 aromatic heterocycles. The first kappa shape index (κ1) is 23.1. The van der Waals surface area contributed by atoms with E-state index in [4.69, 9.17) is 4.74 Å². The van der Waals surface area contributed by atoms with E-state index >= 15 is 0 Å². The summed E-state index contributed by atoms with van der Waals surface area (Å²) in [5, 5.41) is 0. The van der Waals surface area contributed by atoms with E-state index < -0.39 is 46.1 Å². The molecular formula is C17H21BrF4N2O3S. The monoisotopic (exact) mass is 488 g/mol. The Hall–Kier alpha value is -1.20. The molecule has 0 spiro atoms. The summed E-state index contributed by atoms with van der Waals surface area (Å²) in [4.78, 5) is 13.8. The van der Waals surface area contributed by atoms with Crippen LogP contribution in [0.3, 0.4) is 0 Å². The van der Waals surface area contributed by atoms with Crippen molar-refractivity contribution in [3.8, 4) is 0 Å². The SMILES string of the molecule is CC(C)(C)OC(=O)N1CC[C@H](NS(=O)C(F)(F)F)[C@@H]1Cc1cccc(Br)c1F. The van der Waals surface area contributed by atoms with Gasteiger partial charge >= 0.3 is 11.6 Å². The Morgan fingerprint density at radius 2 is 2.00 bits per heavy atom. The molecule has 0 bridgehead atoms. The average molecular weight is 489 g/mol. The lowest BCUT2D eigenvalue weighted by Gasteiger charge is -2.31. The van der Waals surface area contributed by atoms with Gasteiger partial charge in [-0.25, -0.2) is 18.1 Å². The summed E-state index contributed by atoms with van der Waals surface area (Å²) in [6, 6.07) is 2.78. The van der Waals surface area contributed by atoms with E-state index in [1.165, 1.54) is 17.0 Å². The lowest BCUT2D eigenvalue weighted by atomic mass is 10.0. The highest BCUT2D eigenvalue weighted by atomic mass is 79.9. The Bertz CT molecular complexity index is 755. The molecule has 158 valence electrons. The van der Waals surface area contributed by atoms with Crippen LogP contribution in [0.25, 0.3) is 0 Å². The van der Waals surface area contributed by atoms with Crippen molar-refractivity contribution in [2.45, 2.75) is 56.8 Å². The number of amides is 1. The third-order valence-electron chi connectivity index (χ3n) is 4.10. The third-order valence-corrected chi connectivity index (χ3v) is 5.65. The van der Waals surface area contributed by atoms with Crippen molar-refractivity contribution in [3.05, 3.63) is 34.1 Å². The molecule has 1 aromatic rings. The Balaban J connectivity index is 2.29. The van der Waals surface area contributed by atoms with Gasteiger partial charge in [0.25, 0.3) is 0 Å². The molecule has 1 aliphatic heterocycles. The van der Waals surface area contributed by atoms with Crippen LogP contribution in [0.15, 0.2) is 22.7 Å². The minimum absolute atomic E-state index is 0.0583. The van der Waals surface area contributed by atoms with Crippen molar-refractivity contribution in [2.24, 2.45) is 0 Å². The molecule has 1 unspecified atom stereocenters. The number of carbonyl (C=O) groups is 1. The molecule has 5 nitrogen and oxygen atoms in total. The predicted octanol–water partition coefficient (Wildman–Crippen LogP) is 4.28. The Kier molecular flexibility index (Phi) is 7.14. The molecule has 3 atom stereocenters. The van der Waals surface area contributed by atoms with Crippen LogP contribution in [0.1, 0.15) is 32.8 Å². The third kappa shape index (κ3) is 5.90. The second kappa shape index (κ2) is 8.66. The van der Waals surface area contributed by atoms with Crippen LogP contribution in [-0.2, 0) is 22.1 Å². The maximum Gasteiger partial charge on any atom is 0.485 e. The first-order valence-corrected chi connectivity index (χ1v) is 10.4. The zero-order valence-electron chi connectivity index (χ0n) is 15.5. The van der Waals surface area contributed by atoms with Crippen molar-refractivity contribution in [3.63, 3.8) is 0 Å². The molecule has 1 aliphatic rings. The Labute approximate surface area is 171 Å². The number of ether oxygens (including phenoxy) is 1. The number of nitrogens with zero attached hydrogens (tertiary/aromatic N) is 1. The largest absolute Gasteiger partial charge is 0.485 e. The predicted molar refractivity (Wildman–Crippen MR) is 100 cm³/mol. The fourth-order valence-corrected chi connectivity index (χ4v) is 4.02. The minimum atomic E-state index is -4.94. The maximum absolute atomic E-state index is 14.4. The lowest BCUT2D eigenvalue weighted by molar-refractivity contribution is -0.0397. The van der Waals surface area contributed by atoms with Gasteiger partial charge in [0.1, 0.15) is 11.4 Å². The number of rotatable bonds is 4. The normalized spacial score (nSPS) is 21.6. The van der Waals surface area contributed by atoms with E-state index in [0.717, 1.165) is 0 Å². The van der Waals surface area contributed by atoms with Gasteiger partial charge in [0.2, 0.25) is 0 Å². The van der Waals surface area contributed by atoms with Crippen molar-refractivity contribution in [2.75, 3.05) is 6.54 Å². The van der Waals surface area contributed by atoms with Gasteiger partial charge in [-0.05, 0) is 61.2 Å². The number of nitrogens with one attached hydrogen (secondary N) is 1. The number of alkyl halides is 3. The van der Waals surface area contributed by atoms with Crippen LogP contribution < -0.4 is 4.72 Å². The molecule has 1 amide bonds. The van der Waals surface area contributed by atoms with Crippen molar-refractivity contribution < 1.29 is 31.3 Å². The molecule has 1 saturated heterocycles.